The zero-order valence-corrected chi connectivity index (χ0v) is 8.29. The first-order chi connectivity index (χ1) is 5.79. The highest BCUT2D eigenvalue weighted by Gasteiger charge is 2.37. The van der Waals surface area contributed by atoms with Gasteiger partial charge in [-0.15, -0.1) is 0 Å². The third-order valence-corrected chi connectivity index (χ3v) is 3.28. The van der Waals surface area contributed by atoms with Gasteiger partial charge >= 0.3 is 0 Å². The molecule has 0 saturated carbocycles. The number of fused-ring (bicyclic) bond motifs is 1. The van der Waals surface area contributed by atoms with Crippen LogP contribution in [0.5, 0.6) is 0 Å². The maximum Gasteiger partial charge on any atom is 0.00256 e. The minimum atomic E-state index is 0.988. The van der Waals surface area contributed by atoms with Crippen LogP contribution in [0.3, 0.4) is 0 Å². The Hall–Kier alpha value is -0.0800. The second kappa shape index (κ2) is 3.35. The largest absolute Gasteiger partial charge is 0.306 e. The molecule has 2 heteroatoms. The van der Waals surface area contributed by atoms with Crippen LogP contribution < -0.4 is 0 Å². The summed E-state index contributed by atoms with van der Waals surface area (Å²) < 4.78 is 0. The van der Waals surface area contributed by atoms with E-state index in [0.29, 0.717) is 0 Å². The van der Waals surface area contributed by atoms with Gasteiger partial charge in [0.15, 0.2) is 0 Å². The van der Waals surface area contributed by atoms with Gasteiger partial charge in [-0.1, -0.05) is 6.92 Å². The van der Waals surface area contributed by atoms with Crippen molar-refractivity contribution in [3.63, 3.8) is 0 Å². The Morgan fingerprint density at radius 3 is 2.17 bits per heavy atom. The van der Waals surface area contributed by atoms with Gasteiger partial charge in [-0.25, -0.2) is 0 Å². The molecule has 0 unspecified atom stereocenters. The number of likely N-dealkylation sites (tertiary alicyclic amines) is 2. The highest BCUT2D eigenvalue weighted by atomic mass is 15.2. The molecular weight excluding hydrogens is 148 g/mol. The quantitative estimate of drug-likeness (QED) is 0.604. The van der Waals surface area contributed by atoms with Gasteiger partial charge in [0, 0.05) is 26.2 Å². The van der Waals surface area contributed by atoms with Crippen LogP contribution in [-0.2, 0) is 0 Å². The van der Waals surface area contributed by atoms with E-state index in [4.69, 9.17) is 0 Å². The molecule has 2 nitrogen and oxygen atoms in total. The predicted octanol–water partition coefficient (Wildman–Crippen LogP) is 0.890. The van der Waals surface area contributed by atoms with E-state index in [1.807, 2.05) is 0 Å². The minimum Gasteiger partial charge on any atom is -0.306 e. The number of rotatable bonds is 2. The van der Waals surface area contributed by atoms with Crippen molar-refractivity contribution in [1.82, 2.24) is 9.80 Å². The molecule has 0 spiro atoms. The smallest absolute Gasteiger partial charge is 0.00256 e. The fourth-order valence-corrected chi connectivity index (χ4v) is 2.82. The van der Waals surface area contributed by atoms with Gasteiger partial charge in [-0.05, 0) is 31.8 Å². The third kappa shape index (κ3) is 1.50. The van der Waals surface area contributed by atoms with E-state index < -0.39 is 0 Å². The lowest BCUT2D eigenvalue weighted by atomic mass is 10.0. The third-order valence-electron chi connectivity index (χ3n) is 3.28. The van der Waals surface area contributed by atoms with Crippen molar-refractivity contribution in [1.29, 1.82) is 0 Å². The van der Waals surface area contributed by atoms with Gasteiger partial charge in [-0.2, -0.15) is 0 Å². The Labute approximate surface area is 75.5 Å². The van der Waals surface area contributed by atoms with Crippen LogP contribution >= 0.6 is 0 Å². The molecule has 0 aromatic carbocycles. The normalized spacial score (nSPS) is 37.5. The molecule has 0 amide bonds. The van der Waals surface area contributed by atoms with Crippen molar-refractivity contribution in [3.8, 4) is 0 Å². The zero-order chi connectivity index (χ0) is 8.55. The Morgan fingerprint density at radius 2 is 1.67 bits per heavy atom. The molecule has 0 aromatic heterocycles. The summed E-state index contributed by atoms with van der Waals surface area (Å²) in [7, 11) is 2.25. The molecule has 2 aliphatic rings. The van der Waals surface area contributed by atoms with Crippen LogP contribution in [0, 0.1) is 11.8 Å². The maximum absolute atomic E-state index is 2.64. The lowest BCUT2D eigenvalue weighted by Gasteiger charge is -2.17. The molecule has 2 rings (SSSR count). The Balaban J connectivity index is 1.85. The summed E-state index contributed by atoms with van der Waals surface area (Å²) in [5.41, 5.74) is 0. The molecule has 2 atom stereocenters. The summed E-state index contributed by atoms with van der Waals surface area (Å²) in [6, 6.07) is 0. The highest BCUT2D eigenvalue weighted by Crippen LogP contribution is 2.29. The van der Waals surface area contributed by atoms with Crippen LogP contribution in [0.15, 0.2) is 0 Å². The first kappa shape index (κ1) is 8.52. The van der Waals surface area contributed by atoms with Gasteiger partial charge in [-0.3, -0.25) is 0 Å². The summed E-state index contributed by atoms with van der Waals surface area (Å²) in [6.07, 6.45) is 1.31. The van der Waals surface area contributed by atoms with Crippen molar-refractivity contribution in [2.24, 2.45) is 11.8 Å². The SMILES string of the molecule is CCCN1C[C@H]2CN(C)C[C@H]2C1. The molecule has 0 radical (unpaired) electrons. The van der Waals surface area contributed by atoms with Crippen molar-refractivity contribution in [3.05, 3.63) is 0 Å². The molecule has 2 aliphatic heterocycles. The zero-order valence-electron chi connectivity index (χ0n) is 8.29. The minimum absolute atomic E-state index is 0.988. The van der Waals surface area contributed by atoms with Crippen LogP contribution in [-0.4, -0.2) is 49.6 Å². The molecule has 0 N–H and O–H groups in total. The predicted molar refractivity (Wildman–Crippen MR) is 51.2 cm³/mol. The summed E-state index contributed by atoms with van der Waals surface area (Å²) >= 11 is 0. The molecule has 0 aliphatic carbocycles. The highest BCUT2D eigenvalue weighted by molar-refractivity contribution is 4.91. The topological polar surface area (TPSA) is 6.48 Å². The molecular formula is C10H20N2. The summed E-state index contributed by atoms with van der Waals surface area (Å²) in [4.78, 5) is 5.13. The molecule has 70 valence electrons. The summed E-state index contributed by atoms with van der Waals surface area (Å²) in [5, 5.41) is 0. The second-order valence-electron chi connectivity index (χ2n) is 4.50. The molecule has 2 saturated heterocycles. The van der Waals surface area contributed by atoms with Crippen LogP contribution in [0.2, 0.25) is 0 Å². The Morgan fingerprint density at radius 1 is 1.08 bits per heavy atom. The fourth-order valence-electron chi connectivity index (χ4n) is 2.82. The van der Waals surface area contributed by atoms with Crippen molar-refractivity contribution >= 4 is 0 Å². The second-order valence-corrected chi connectivity index (χ2v) is 4.50. The van der Waals surface area contributed by atoms with Crippen molar-refractivity contribution in [2.45, 2.75) is 13.3 Å². The number of nitrogens with zero attached hydrogens (tertiary/aromatic N) is 2. The van der Waals surface area contributed by atoms with E-state index in [-0.39, 0.29) is 0 Å². The Kier molecular flexibility index (Phi) is 2.37. The van der Waals surface area contributed by atoms with Gasteiger partial charge in [0.1, 0.15) is 0 Å². The van der Waals surface area contributed by atoms with E-state index in [2.05, 4.69) is 23.8 Å². The average molecular weight is 168 g/mol. The molecule has 12 heavy (non-hydrogen) atoms. The summed E-state index contributed by atoms with van der Waals surface area (Å²) in [5.74, 6) is 1.98. The van der Waals surface area contributed by atoms with Crippen molar-refractivity contribution < 1.29 is 0 Å². The van der Waals surface area contributed by atoms with E-state index in [1.165, 1.54) is 39.1 Å². The van der Waals surface area contributed by atoms with E-state index in [1.54, 1.807) is 0 Å². The lowest BCUT2D eigenvalue weighted by Crippen LogP contribution is -2.27. The van der Waals surface area contributed by atoms with E-state index >= 15 is 0 Å². The van der Waals surface area contributed by atoms with Gasteiger partial charge < -0.3 is 9.80 Å². The monoisotopic (exact) mass is 168 g/mol. The van der Waals surface area contributed by atoms with Gasteiger partial charge in [0.05, 0.1) is 0 Å². The fraction of sp³-hybridized carbons (Fsp3) is 1.00. The number of hydrogen-bond donors (Lipinski definition) is 0. The maximum atomic E-state index is 2.64. The van der Waals surface area contributed by atoms with E-state index in [9.17, 15) is 0 Å². The van der Waals surface area contributed by atoms with Gasteiger partial charge in [0.25, 0.3) is 0 Å². The lowest BCUT2D eigenvalue weighted by molar-refractivity contribution is 0.278. The standard InChI is InChI=1S/C10H20N2/c1-3-4-12-7-9-5-11(2)6-10(9)8-12/h9-10H,3-8H2,1-2H3/t9-,10+. The average Bonchev–Trinajstić information content (AvgIpc) is 2.44. The first-order valence-corrected chi connectivity index (χ1v) is 5.20. The van der Waals surface area contributed by atoms with Crippen LogP contribution in [0.1, 0.15) is 13.3 Å². The molecule has 2 heterocycles. The van der Waals surface area contributed by atoms with Crippen LogP contribution in [0.4, 0.5) is 0 Å². The molecule has 0 aromatic rings. The summed E-state index contributed by atoms with van der Waals surface area (Å²) in [6.45, 7) is 9.00. The van der Waals surface area contributed by atoms with Crippen LogP contribution in [0.25, 0.3) is 0 Å². The van der Waals surface area contributed by atoms with E-state index in [0.717, 1.165) is 11.8 Å². The molecule has 2 fully saturated rings. The van der Waals surface area contributed by atoms with Gasteiger partial charge in [0.2, 0.25) is 0 Å². The Bertz CT molecular complexity index is 144. The number of hydrogen-bond acceptors (Lipinski definition) is 2. The first-order valence-electron chi connectivity index (χ1n) is 5.20. The van der Waals surface area contributed by atoms with Crippen molar-refractivity contribution in [2.75, 3.05) is 39.8 Å². The molecule has 0 bridgehead atoms.